The lowest BCUT2D eigenvalue weighted by atomic mass is 10.4. The van der Waals surface area contributed by atoms with E-state index in [1.54, 1.807) is 24.9 Å². The highest BCUT2D eigenvalue weighted by Gasteiger charge is 2.16. The van der Waals surface area contributed by atoms with E-state index in [0.29, 0.717) is 25.2 Å². The number of aliphatic carboxylic acids is 1. The molecule has 1 N–H and O–H groups in total. The molecule has 0 aliphatic carbocycles. The molecule has 36 heavy (non-hydrogen) atoms. The molecule has 1 heterocycles. The van der Waals surface area contributed by atoms with Crippen molar-refractivity contribution in [3.63, 3.8) is 0 Å². The van der Waals surface area contributed by atoms with Crippen LogP contribution in [0.2, 0.25) is 0 Å². The normalized spacial score (nSPS) is 10.3. The highest BCUT2D eigenvalue weighted by atomic mass is 16.5. The van der Waals surface area contributed by atoms with Crippen molar-refractivity contribution in [1.29, 1.82) is 0 Å². The first-order chi connectivity index (χ1) is 16.9. The summed E-state index contributed by atoms with van der Waals surface area (Å²) >= 11 is 0. The van der Waals surface area contributed by atoms with Gasteiger partial charge < -0.3 is 24.2 Å². The Kier molecular flexibility index (Phi) is 31.7. The summed E-state index contributed by atoms with van der Waals surface area (Å²) in [7, 11) is 1.33. The predicted molar refractivity (Wildman–Crippen MR) is 139 cm³/mol. The summed E-state index contributed by atoms with van der Waals surface area (Å²) in [5.41, 5.74) is 0.433. The van der Waals surface area contributed by atoms with E-state index in [4.69, 9.17) is 5.11 Å². The van der Waals surface area contributed by atoms with Gasteiger partial charge in [-0.15, -0.1) is 0 Å². The molecule has 1 aliphatic heterocycles. The first kappa shape index (κ1) is 39.3. The Balaban J connectivity index is -0.000000180. The number of methoxy groups -OCH3 is 1. The fraction of sp³-hybridized carbons (Fsp3) is 0.423. The molecule has 0 atom stereocenters. The van der Waals surface area contributed by atoms with Gasteiger partial charge in [-0.25, -0.2) is 19.2 Å². The summed E-state index contributed by atoms with van der Waals surface area (Å²) in [6.45, 7) is 23.5. The van der Waals surface area contributed by atoms with E-state index < -0.39 is 5.97 Å². The second kappa shape index (κ2) is 29.1. The number of carbonyl (C=O) groups excluding carboxylic acids is 4. The summed E-state index contributed by atoms with van der Waals surface area (Å²) < 4.78 is 13.4. The fourth-order valence-corrected chi connectivity index (χ4v) is 1.61. The van der Waals surface area contributed by atoms with E-state index in [-0.39, 0.29) is 23.8 Å². The first-order valence-corrected chi connectivity index (χ1v) is 11.0. The minimum atomic E-state index is -0.981. The Morgan fingerprint density at radius 3 is 1.69 bits per heavy atom. The lowest BCUT2D eigenvalue weighted by molar-refractivity contribution is -0.138. The van der Waals surface area contributed by atoms with Crippen LogP contribution in [0.3, 0.4) is 0 Å². The topological polar surface area (TPSA) is 137 Å². The number of rotatable bonds is 9. The highest BCUT2D eigenvalue weighted by Crippen LogP contribution is 2.08. The molecule has 0 spiro atoms. The van der Waals surface area contributed by atoms with Crippen molar-refractivity contribution in [2.75, 3.05) is 26.9 Å². The van der Waals surface area contributed by atoms with Crippen LogP contribution in [0.1, 0.15) is 46.5 Å². The van der Waals surface area contributed by atoms with E-state index in [0.717, 1.165) is 38.0 Å². The quantitative estimate of drug-likeness (QED) is 0.211. The molecule has 0 aromatic carbocycles. The molecule has 1 rings (SSSR count). The molecule has 0 aromatic rings. The van der Waals surface area contributed by atoms with Crippen LogP contribution in [-0.2, 0) is 38.2 Å². The van der Waals surface area contributed by atoms with E-state index in [2.05, 4.69) is 47.1 Å². The molecule has 0 unspecified atom stereocenters. The van der Waals surface area contributed by atoms with Gasteiger partial charge >= 0.3 is 23.9 Å². The number of carboxylic acids is 1. The summed E-state index contributed by atoms with van der Waals surface area (Å²) in [5, 5.41) is 7.60. The van der Waals surface area contributed by atoms with E-state index in [1.165, 1.54) is 13.2 Å². The Labute approximate surface area is 214 Å². The number of esters is 3. The third kappa shape index (κ3) is 32.2. The molecular formula is C26H41NO9. The minimum absolute atomic E-state index is 0.208. The molecule has 0 saturated carbocycles. The number of ether oxygens (including phenoxy) is 3. The predicted octanol–water partition coefficient (Wildman–Crippen LogP) is 4.00. The number of amides is 1. The van der Waals surface area contributed by atoms with Crippen molar-refractivity contribution < 1.29 is 43.3 Å². The van der Waals surface area contributed by atoms with Gasteiger partial charge in [-0.2, -0.15) is 0 Å². The fourth-order valence-electron chi connectivity index (χ4n) is 1.61. The van der Waals surface area contributed by atoms with Crippen molar-refractivity contribution >= 4 is 29.8 Å². The SMILES string of the molecule is C=C(C)C(=O)OC.C=CC(=O)O.C=CC(=O)OCC.C=CC(=O)OCCCC.C=CN1CCCC1=O. The maximum absolute atomic E-state index is 10.7. The summed E-state index contributed by atoms with van der Waals surface area (Å²) in [4.78, 5) is 52.2. The smallest absolute Gasteiger partial charge is 0.332 e. The molecular weight excluding hydrogens is 470 g/mol. The van der Waals surface area contributed by atoms with Gasteiger partial charge in [-0.1, -0.05) is 46.2 Å². The molecule has 0 aromatic heterocycles. The first-order valence-electron chi connectivity index (χ1n) is 11.0. The largest absolute Gasteiger partial charge is 0.478 e. The molecule has 1 fully saturated rings. The Hall–Kier alpha value is -3.95. The number of hydrogen-bond donors (Lipinski definition) is 1. The molecule has 0 radical (unpaired) electrons. The number of nitrogens with zero attached hydrogens (tertiary/aromatic N) is 1. The number of likely N-dealkylation sites (tertiary alicyclic amines) is 1. The maximum Gasteiger partial charge on any atom is 0.332 e. The Morgan fingerprint density at radius 1 is 1.00 bits per heavy atom. The van der Waals surface area contributed by atoms with Crippen molar-refractivity contribution in [3.8, 4) is 0 Å². The van der Waals surface area contributed by atoms with E-state index in [1.807, 2.05) is 6.92 Å². The highest BCUT2D eigenvalue weighted by molar-refractivity contribution is 5.86. The third-order valence-electron chi connectivity index (χ3n) is 3.40. The Bertz CT molecular complexity index is 725. The monoisotopic (exact) mass is 511 g/mol. The Morgan fingerprint density at radius 2 is 1.50 bits per heavy atom. The average Bonchev–Trinajstić information content (AvgIpc) is 3.29. The van der Waals surface area contributed by atoms with Crippen LogP contribution in [0, 0.1) is 0 Å². The molecule has 204 valence electrons. The van der Waals surface area contributed by atoms with Gasteiger partial charge in [-0.3, -0.25) is 4.79 Å². The lowest BCUT2D eigenvalue weighted by Crippen LogP contribution is -2.16. The second-order valence-corrected chi connectivity index (χ2v) is 6.37. The van der Waals surface area contributed by atoms with Crippen LogP contribution in [-0.4, -0.2) is 66.7 Å². The van der Waals surface area contributed by atoms with Gasteiger partial charge in [0.2, 0.25) is 5.91 Å². The zero-order valence-electron chi connectivity index (χ0n) is 22.0. The second-order valence-electron chi connectivity index (χ2n) is 6.37. The number of hydrogen-bond acceptors (Lipinski definition) is 8. The van der Waals surface area contributed by atoms with Crippen molar-refractivity contribution in [1.82, 2.24) is 4.90 Å². The molecule has 10 nitrogen and oxygen atoms in total. The van der Waals surface area contributed by atoms with E-state index in [9.17, 15) is 24.0 Å². The maximum atomic E-state index is 10.7. The van der Waals surface area contributed by atoms with Crippen LogP contribution < -0.4 is 0 Å². The summed E-state index contributed by atoms with van der Waals surface area (Å²) in [6, 6.07) is 0. The molecule has 10 heteroatoms. The third-order valence-corrected chi connectivity index (χ3v) is 3.40. The minimum Gasteiger partial charge on any atom is -0.478 e. The number of unbranched alkanes of at least 4 members (excludes halogenated alkanes) is 1. The van der Waals surface area contributed by atoms with Crippen LogP contribution in [0.4, 0.5) is 0 Å². The van der Waals surface area contributed by atoms with Gasteiger partial charge in [0.1, 0.15) is 0 Å². The van der Waals surface area contributed by atoms with Crippen LogP contribution in [0.5, 0.6) is 0 Å². The number of carbonyl (C=O) groups is 5. The van der Waals surface area contributed by atoms with Crippen molar-refractivity contribution in [2.24, 2.45) is 0 Å². The lowest BCUT2D eigenvalue weighted by Gasteiger charge is -2.05. The van der Waals surface area contributed by atoms with Gasteiger partial charge in [0, 0.05) is 36.8 Å². The number of carboxylic acid groups (broad SMARTS) is 1. The molecule has 1 saturated heterocycles. The summed E-state index contributed by atoms with van der Waals surface area (Å²) in [6.07, 6.45) is 8.41. The zero-order valence-corrected chi connectivity index (χ0v) is 22.0. The van der Waals surface area contributed by atoms with Crippen LogP contribution in [0.25, 0.3) is 0 Å². The summed E-state index contributed by atoms with van der Waals surface area (Å²) in [5.74, 6) is -1.81. The standard InChI is InChI=1S/C7H12O2.C6H9NO.2C5H8O2.C3H4O2/c1-3-5-6-9-7(8)4-2;1-2-7-5-3-4-6(7)8;1-4(2)5(6)7-3;1-3-5(6)7-4-2;1-2-3(4)5/h4H,2-3,5-6H2,1H3;2H,1,3-5H2;1H2,2-3H3;3H,1,4H2,2H3;2H,1H2,(H,4,5). The van der Waals surface area contributed by atoms with Crippen LogP contribution >= 0.6 is 0 Å². The molecule has 1 aliphatic rings. The molecule has 1 amide bonds. The van der Waals surface area contributed by atoms with E-state index >= 15 is 0 Å². The molecule has 0 bridgehead atoms. The van der Waals surface area contributed by atoms with Gasteiger partial charge in [0.05, 0.1) is 20.3 Å². The van der Waals surface area contributed by atoms with Crippen LogP contribution in [0.15, 0.2) is 62.9 Å². The van der Waals surface area contributed by atoms with Crippen molar-refractivity contribution in [3.05, 3.63) is 62.9 Å². The van der Waals surface area contributed by atoms with Gasteiger partial charge in [0.25, 0.3) is 0 Å². The van der Waals surface area contributed by atoms with Crippen molar-refractivity contribution in [2.45, 2.75) is 46.5 Å². The van der Waals surface area contributed by atoms with Gasteiger partial charge in [0.15, 0.2) is 0 Å². The average molecular weight is 512 g/mol. The zero-order chi connectivity index (χ0) is 28.9. The van der Waals surface area contributed by atoms with Gasteiger partial charge in [-0.05, 0) is 32.9 Å².